The summed E-state index contributed by atoms with van der Waals surface area (Å²) in [6.07, 6.45) is 0.0444. The van der Waals surface area contributed by atoms with Gasteiger partial charge in [0.05, 0.1) is 19.1 Å². The third-order valence-corrected chi connectivity index (χ3v) is 18.8. The van der Waals surface area contributed by atoms with Gasteiger partial charge in [-0.2, -0.15) is 0 Å². The number of carbonyl (C=O) groups is 13. The molecule has 0 spiro atoms. The van der Waals surface area contributed by atoms with Crippen molar-refractivity contribution in [2.45, 2.75) is 179 Å². The van der Waals surface area contributed by atoms with Crippen LogP contribution in [0.1, 0.15) is 104 Å². The largest absolute Gasteiger partial charge is 0.391 e. The van der Waals surface area contributed by atoms with Crippen LogP contribution in [-0.4, -0.2) is 275 Å². The zero-order valence-corrected chi connectivity index (χ0v) is 59.7. The standard InChI is InChI=1S/C71H103N13O14/c1-43(2)37-55-70(97)78(11)46(5)61(88)74-53(68(95)83(16)57(40-52-33-25-19-26-34-52)71(98)80(13)54(38-50-29-21-17-22-30-50)62(89)72-45(4)65(92)84-35-27-20-28-36-84)41-59(87)77(10)47(6)66(93)82(15)56(39-51-31-23-18-24-32-51)69(96)76(9)42-58(86)75-60(49(8)85)63(90)73-44(3)64(91)79(12)48(7)67(94)81(55)14/h17-19,21-26,29-34,43-49,53-57,60,85H,20,27-28,35-42H2,1-16H3,(H,72,89)(H,73,90)(H,74,88)(H,75,86)/t44-,45-,46-,47+,48-,49+,53-,54-,55-,56-,57-,60-/m0/s1. The molecule has 3 aromatic carbocycles. The second-order valence-electron chi connectivity index (χ2n) is 26.6. The van der Waals surface area contributed by atoms with E-state index >= 15 is 14.4 Å². The first kappa shape index (κ1) is 79.4. The fourth-order valence-corrected chi connectivity index (χ4v) is 12.0. The number of piperidine rings is 1. The number of likely N-dealkylation sites (N-methyl/N-ethyl adjacent to an activating group) is 8. The second kappa shape index (κ2) is 36.4. The molecule has 536 valence electrons. The van der Waals surface area contributed by atoms with Gasteiger partial charge in [0, 0.05) is 88.7 Å². The van der Waals surface area contributed by atoms with Crippen LogP contribution < -0.4 is 21.3 Å². The highest BCUT2D eigenvalue weighted by molar-refractivity contribution is 6.01. The minimum atomic E-state index is -1.85. The molecule has 13 amide bonds. The minimum absolute atomic E-state index is 0.0108. The van der Waals surface area contributed by atoms with Gasteiger partial charge in [-0.15, -0.1) is 0 Å². The minimum Gasteiger partial charge on any atom is -0.391 e. The molecule has 12 atom stereocenters. The monoisotopic (exact) mass is 1360 g/mol. The lowest BCUT2D eigenvalue weighted by Crippen LogP contribution is -2.61. The number of amides is 13. The predicted octanol–water partition coefficient (Wildman–Crippen LogP) is 0.844. The van der Waals surface area contributed by atoms with Gasteiger partial charge in [0.2, 0.25) is 76.8 Å². The molecular weight excluding hydrogens is 1260 g/mol. The maximum atomic E-state index is 15.7. The molecule has 2 aliphatic rings. The van der Waals surface area contributed by atoms with Gasteiger partial charge in [-0.1, -0.05) is 105 Å². The third-order valence-electron chi connectivity index (χ3n) is 18.8. The number of aliphatic hydroxyl groups excluding tert-OH is 1. The molecule has 0 aromatic heterocycles. The van der Waals surface area contributed by atoms with E-state index in [-0.39, 0.29) is 37.5 Å². The van der Waals surface area contributed by atoms with E-state index in [9.17, 15) is 53.1 Å². The van der Waals surface area contributed by atoms with Crippen LogP contribution in [0.2, 0.25) is 0 Å². The molecule has 2 aliphatic heterocycles. The summed E-state index contributed by atoms with van der Waals surface area (Å²) in [6.45, 7) is 12.3. The highest BCUT2D eigenvalue weighted by Gasteiger charge is 2.43. The molecule has 98 heavy (non-hydrogen) atoms. The lowest BCUT2D eigenvalue weighted by molar-refractivity contribution is -0.153. The Bertz CT molecular complexity index is 3300. The number of carbonyl (C=O) groups excluding carboxylic acids is 13. The Morgan fingerprint density at radius 2 is 1.04 bits per heavy atom. The summed E-state index contributed by atoms with van der Waals surface area (Å²) in [7, 11) is 10.7. The fraction of sp³-hybridized carbons (Fsp3) is 0.563. The van der Waals surface area contributed by atoms with Gasteiger partial charge in [0.1, 0.15) is 66.5 Å². The van der Waals surface area contributed by atoms with E-state index in [0.717, 1.165) is 53.6 Å². The average Bonchev–Trinajstić information content (AvgIpc) is 0.818. The Labute approximate surface area is 576 Å². The summed E-state index contributed by atoms with van der Waals surface area (Å²) < 4.78 is 0. The predicted molar refractivity (Wildman–Crippen MR) is 366 cm³/mol. The molecule has 5 N–H and O–H groups in total. The van der Waals surface area contributed by atoms with Crippen LogP contribution >= 0.6 is 0 Å². The van der Waals surface area contributed by atoms with Gasteiger partial charge in [-0.05, 0) is 89.8 Å². The maximum absolute atomic E-state index is 15.7. The first-order valence-electron chi connectivity index (χ1n) is 33.5. The smallest absolute Gasteiger partial charge is 0.246 e. The van der Waals surface area contributed by atoms with Gasteiger partial charge < -0.3 is 70.5 Å². The molecule has 0 radical (unpaired) electrons. The lowest BCUT2D eigenvalue weighted by atomic mass is 9.99. The number of likely N-dealkylation sites (tertiary alicyclic amines) is 1. The Morgan fingerprint density at radius 3 is 1.56 bits per heavy atom. The molecule has 27 nitrogen and oxygen atoms in total. The number of nitrogens with one attached hydrogen (secondary N) is 4. The zero-order valence-electron chi connectivity index (χ0n) is 59.7. The molecule has 2 fully saturated rings. The molecule has 3 aromatic rings. The van der Waals surface area contributed by atoms with E-state index in [1.54, 1.807) is 103 Å². The molecule has 5 rings (SSSR count). The summed E-state index contributed by atoms with van der Waals surface area (Å²) in [5, 5.41) is 21.3. The first-order valence-corrected chi connectivity index (χ1v) is 33.5. The molecule has 27 heteroatoms. The van der Waals surface area contributed by atoms with E-state index in [2.05, 4.69) is 21.3 Å². The second-order valence-corrected chi connectivity index (χ2v) is 26.6. The van der Waals surface area contributed by atoms with Crippen LogP contribution in [0.3, 0.4) is 0 Å². The van der Waals surface area contributed by atoms with Crippen LogP contribution in [0, 0.1) is 5.92 Å². The van der Waals surface area contributed by atoms with Crippen molar-refractivity contribution in [2.24, 2.45) is 5.92 Å². The van der Waals surface area contributed by atoms with Gasteiger partial charge in [0.15, 0.2) is 0 Å². The van der Waals surface area contributed by atoms with E-state index in [1.807, 2.05) is 13.8 Å². The van der Waals surface area contributed by atoms with Crippen molar-refractivity contribution in [3.05, 3.63) is 108 Å². The summed E-state index contributed by atoms with van der Waals surface area (Å²) in [5.41, 5.74) is 1.87. The molecule has 2 heterocycles. The average molecular weight is 1360 g/mol. The molecule has 0 unspecified atom stereocenters. The number of rotatable bonds is 16. The van der Waals surface area contributed by atoms with E-state index in [4.69, 9.17) is 0 Å². The fourth-order valence-electron chi connectivity index (χ4n) is 12.0. The summed E-state index contributed by atoms with van der Waals surface area (Å²) >= 11 is 0. The quantitative estimate of drug-likeness (QED) is 0.133. The summed E-state index contributed by atoms with van der Waals surface area (Å²) in [6, 6.07) is 11.1. The van der Waals surface area contributed by atoms with Crippen molar-refractivity contribution in [1.82, 2.24) is 65.4 Å². The molecule has 2 saturated heterocycles. The van der Waals surface area contributed by atoms with Crippen molar-refractivity contribution in [1.29, 1.82) is 0 Å². The highest BCUT2D eigenvalue weighted by Crippen LogP contribution is 2.22. The number of hydrogen-bond acceptors (Lipinski definition) is 14. The number of nitrogens with zero attached hydrogens (tertiary/aromatic N) is 9. The van der Waals surface area contributed by atoms with Crippen LogP contribution in [-0.2, 0) is 81.6 Å². The molecule has 0 aliphatic carbocycles. The number of aliphatic hydroxyl groups is 1. The molecular formula is C71H103N13O14. The Morgan fingerprint density at radius 1 is 0.551 bits per heavy atom. The topological polar surface area (TPSA) is 319 Å². The lowest BCUT2D eigenvalue weighted by Gasteiger charge is -2.38. The normalized spacial score (nSPS) is 23.6. The third kappa shape index (κ3) is 20.9. The Balaban J connectivity index is 1.62. The van der Waals surface area contributed by atoms with Crippen LogP contribution in [0.5, 0.6) is 0 Å². The zero-order chi connectivity index (χ0) is 73.2. The van der Waals surface area contributed by atoms with E-state index in [0.29, 0.717) is 29.8 Å². The van der Waals surface area contributed by atoms with Crippen LogP contribution in [0.25, 0.3) is 0 Å². The summed E-state index contributed by atoms with van der Waals surface area (Å²) in [5.74, 6) is -10.3. The first-order chi connectivity index (χ1) is 46.1. The van der Waals surface area contributed by atoms with Gasteiger partial charge in [-0.3, -0.25) is 62.3 Å². The highest BCUT2D eigenvalue weighted by atomic mass is 16.3. The van der Waals surface area contributed by atoms with Gasteiger partial charge in [0.25, 0.3) is 0 Å². The number of hydrogen-bond donors (Lipinski definition) is 5. The van der Waals surface area contributed by atoms with Crippen molar-refractivity contribution in [3.8, 4) is 0 Å². The Kier molecular flexibility index (Phi) is 29.5. The van der Waals surface area contributed by atoms with E-state index in [1.165, 1.54) is 95.9 Å². The summed E-state index contributed by atoms with van der Waals surface area (Å²) in [4.78, 5) is 201. The number of benzene rings is 3. The molecule has 0 bridgehead atoms. The Hall–Kier alpha value is -9.27. The maximum Gasteiger partial charge on any atom is 0.246 e. The van der Waals surface area contributed by atoms with E-state index < -0.39 is 156 Å². The van der Waals surface area contributed by atoms with Crippen LogP contribution in [0.15, 0.2) is 91.0 Å². The SMILES string of the molecule is CC(C)C[C@H]1C(=O)N(C)[C@@H](C)C(=O)N[C@H](C(=O)N(C)[C@@H](Cc2ccccc2)C(=O)N(C)[C@@H](Cc2ccccc2)C(=O)N[C@@H](C)C(=O)N2CCCCC2)CC(=O)N(C)[C@H](C)C(=O)N(C)[C@@H](Cc2ccccc2)C(=O)N(C)CC(=O)N[C@@H]([C@@H](C)O)C(=O)N[C@@H](C)C(=O)N(C)[C@@H](C)C(=O)N1C. The van der Waals surface area contributed by atoms with Gasteiger partial charge >= 0.3 is 0 Å². The van der Waals surface area contributed by atoms with Crippen LogP contribution in [0.4, 0.5) is 0 Å². The van der Waals surface area contributed by atoms with Crippen molar-refractivity contribution in [2.75, 3.05) is 76.0 Å². The van der Waals surface area contributed by atoms with Crippen molar-refractivity contribution < 1.29 is 67.4 Å². The van der Waals surface area contributed by atoms with Crippen molar-refractivity contribution in [3.63, 3.8) is 0 Å². The van der Waals surface area contributed by atoms with Crippen molar-refractivity contribution >= 4 is 76.8 Å². The van der Waals surface area contributed by atoms with Gasteiger partial charge in [-0.25, -0.2) is 0 Å². The molecule has 0 saturated carbocycles.